The van der Waals surface area contributed by atoms with Crippen molar-refractivity contribution in [3.8, 4) is 0 Å². The van der Waals surface area contributed by atoms with E-state index in [0.29, 0.717) is 11.0 Å². The van der Waals surface area contributed by atoms with Gasteiger partial charge in [0.05, 0.1) is 0 Å². The molecular weight excluding hydrogens is 338 g/mol. The summed E-state index contributed by atoms with van der Waals surface area (Å²) in [5.41, 5.74) is 1.85. The first-order chi connectivity index (χ1) is 11.5. The molecule has 6 heteroatoms. The number of piperidine rings is 1. The van der Waals surface area contributed by atoms with Gasteiger partial charge in [-0.3, -0.25) is 9.59 Å². The zero-order valence-electron chi connectivity index (χ0n) is 15.0. The molecule has 5 nitrogen and oxygen atoms in total. The van der Waals surface area contributed by atoms with Gasteiger partial charge in [0.25, 0.3) is 5.91 Å². The van der Waals surface area contributed by atoms with E-state index >= 15 is 0 Å². The summed E-state index contributed by atoms with van der Waals surface area (Å²) in [7, 11) is 0. The number of amides is 2. The fourth-order valence-electron chi connectivity index (χ4n) is 3.57. The molecule has 0 aromatic heterocycles. The van der Waals surface area contributed by atoms with Crippen molar-refractivity contribution in [3.63, 3.8) is 0 Å². The van der Waals surface area contributed by atoms with Crippen LogP contribution in [-0.2, 0) is 4.79 Å². The molecule has 2 N–H and O–H groups in total. The van der Waals surface area contributed by atoms with Crippen LogP contribution < -0.4 is 10.6 Å². The predicted molar refractivity (Wildman–Crippen MR) is 102 cm³/mol. The monoisotopic (exact) mass is 365 g/mol. The summed E-state index contributed by atoms with van der Waals surface area (Å²) in [4.78, 5) is 26.3. The quantitative estimate of drug-likeness (QED) is 0.865. The van der Waals surface area contributed by atoms with Gasteiger partial charge in [0.2, 0.25) is 5.91 Å². The molecule has 1 aromatic carbocycles. The topological polar surface area (TPSA) is 61.4 Å². The van der Waals surface area contributed by atoms with Crippen molar-refractivity contribution in [3.05, 3.63) is 29.8 Å². The molecule has 1 spiro atoms. The van der Waals surface area contributed by atoms with Crippen LogP contribution in [0, 0.1) is 11.3 Å². The Hall–Kier alpha value is -1.59. The number of benzene rings is 1. The molecule has 0 radical (unpaired) electrons. The fourth-order valence-corrected chi connectivity index (χ4v) is 3.57. The van der Waals surface area contributed by atoms with Gasteiger partial charge in [0.15, 0.2) is 0 Å². The highest BCUT2D eigenvalue weighted by atomic mass is 35.5. The van der Waals surface area contributed by atoms with Crippen LogP contribution in [0.5, 0.6) is 0 Å². The van der Waals surface area contributed by atoms with E-state index < -0.39 is 0 Å². The number of hydrogen-bond donors (Lipinski definition) is 2. The lowest BCUT2D eigenvalue weighted by Gasteiger charge is -2.38. The second-order valence-corrected chi connectivity index (χ2v) is 7.44. The molecule has 3 rings (SSSR count). The number of carbonyl (C=O) groups excluding carboxylic acids is 2. The van der Waals surface area contributed by atoms with Crippen molar-refractivity contribution in [1.82, 2.24) is 10.2 Å². The van der Waals surface area contributed by atoms with E-state index in [1.54, 1.807) is 24.3 Å². The maximum absolute atomic E-state index is 12.7. The second kappa shape index (κ2) is 8.19. The molecule has 0 aliphatic carbocycles. The van der Waals surface area contributed by atoms with E-state index in [-0.39, 0.29) is 30.1 Å². The van der Waals surface area contributed by atoms with Crippen LogP contribution in [-0.4, -0.2) is 42.9 Å². The molecule has 0 unspecified atom stereocenters. The Balaban J connectivity index is 0.00000225. The number of anilines is 1. The highest BCUT2D eigenvalue weighted by Crippen LogP contribution is 2.37. The first kappa shape index (κ1) is 19.7. The Morgan fingerprint density at radius 1 is 1.12 bits per heavy atom. The van der Waals surface area contributed by atoms with Crippen molar-refractivity contribution in [2.45, 2.75) is 33.1 Å². The molecule has 0 bridgehead atoms. The summed E-state index contributed by atoms with van der Waals surface area (Å²) in [6.07, 6.45) is 3.42. The van der Waals surface area contributed by atoms with Crippen molar-refractivity contribution in [1.29, 1.82) is 0 Å². The standard InChI is InChI=1S/C19H27N3O2.ClH/c1-14(2)17(23)21-16-5-3-15(4-6-16)18(24)22-11-8-19(9-12-22)7-10-20-13-19;/h3-6,14,20H,7-13H2,1-2H3,(H,21,23);1H. The van der Waals surface area contributed by atoms with E-state index in [0.717, 1.165) is 44.7 Å². The van der Waals surface area contributed by atoms with Gasteiger partial charge in [0, 0.05) is 36.8 Å². The SMILES string of the molecule is CC(C)C(=O)Nc1ccc(C(=O)N2CCC3(CCNC3)CC2)cc1.Cl. The molecule has 2 aliphatic heterocycles. The van der Waals surface area contributed by atoms with Crippen LogP contribution in [0.15, 0.2) is 24.3 Å². The summed E-state index contributed by atoms with van der Waals surface area (Å²) in [5.74, 6) is 0.0233. The van der Waals surface area contributed by atoms with E-state index in [2.05, 4.69) is 10.6 Å². The third-order valence-electron chi connectivity index (χ3n) is 5.37. The molecule has 2 saturated heterocycles. The summed E-state index contributed by atoms with van der Waals surface area (Å²) >= 11 is 0. The lowest BCUT2D eigenvalue weighted by Crippen LogP contribution is -2.44. The van der Waals surface area contributed by atoms with Crippen LogP contribution in [0.1, 0.15) is 43.5 Å². The minimum atomic E-state index is -0.0583. The molecule has 2 heterocycles. The molecule has 2 fully saturated rings. The third kappa shape index (κ3) is 4.53. The van der Waals surface area contributed by atoms with Gasteiger partial charge in [0.1, 0.15) is 0 Å². The lowest BCUT2D eigenvalue weighted by atomic mass is 9.78. The van der Waals surface area contributed by atoms with Gasteiger partial charge in [-0.2, -0.15) is 0 Å². The maximum Gasteiger partial charge on any atom is 0.253 e. The molecule has 0 saturated carbocycles. The van der Waals surface area contributed by atoms with E-state index in [1.165, 1.54) is 6.42 Å². The highest BCUT2D eigenvalue weighted by Gasteiger charge is 2.38. The molecular formula is C19H28ClN3O2. The zero-order chi connectivity index (χ0) is 17.2. The van der Waals surface area contributed by atoms with Crippen LogP contribution in [0.4, 0.5) is 5.69 Å². The molecule has 2 amide bonds. The minimum Gasteiger partial charge on any atom is -0.339 e. The smallest absolute Gasteiger partial charge is 0.253 e. The van der Waals surface area contributed by atoms with Gasteiger partial charge in [-0.1, -0.05) is 13.8 Å². The van der Waals surface area contributed by atoms with Crippen molar-refractivity contribution < 1.29 is 9.59 Å². The summed E-state index contributed by atoms with van der Waals surface area (Å²) in [5, 5.41) is 6.30. The van der Waals surface area contributed by atoms with Crippen molar-refractivity contribution in [2.24, 2.45) is 11.3 Å². The maximum atomic E-state index is 12.7. The summed E-state index contributed by atoms with van der Waals surface area (Å²) < 4.78 is 0. The van der Waals surface area contributed by atoms with E-state index in [4.69, 9.17) is 0 Å². The van der Waals surface area contributed by atoms with E-state index in [1.807, 2.05) is 18.7 Å². The highest BCUT2D eigenvalue weighted by molar-refractivity contribution is 5.96. The van der Waals surface area contributed by atoms with Crippen molar-refractivity contribution in [2.75, 3.05) is 31.5 Å². The van der Waals surface area contributed by atoms with Gasteiger partial charge >= 0.3 is 0 Å². The number of rotatable bonds is 3. The minimum absolute atomic E-state index is 0. The third-order valence-corrected chi connectivity index (χ3v) is 5.37. The molecule has 138 valence electrons. The normalized spacial score (nSPS) is 18.9. The van der Waals surface area contributed by atoms with Gasteiger partial charge in [-0.05, 0) is 55.5 Å². The number of halogens is 1. The fraction of sp³-hybridized carbons (Fsp3) is 0.579. The van der Waals surface area contributed by atoms with E-state index in [9.17, 15) is 9.59 Å². The Labute approximate surface area is 155 Å². The Kier molecular flexibility index (Phi) is 6.47. The van der Waals surface area contributed by atoms with Crippen LogP contribution in [0.3, 0.4) is 0 Å². The van der Waals surface area contributed by atoms with Gasteiger partial charge in [-0.25, -0.2) is 0 Å². The number of likely N-dealkylation sites (tertiary alicyclic amines) is 1. The zero-order valence-corrected chi connectivity index (χ0v) is 15.8. The average molecular weight is 366 g/mol. The second-order valence-electron chi connectivity index (χ2n) is 7.44. The first-order valence-electron chi connectivity index (χ1n) is 8.90. The summed E-state index contributed by atoms with van der Waals surface area (Å²) in [6, 6.07) is 7.22. The van der Waals surface area contributed by atoms with Crippen LogP contribution in [0.25, 0.3) is 0 Å². The van der Waals surface area contributed by atoms with Crippen LogP contribution in [0.2, 0.25) is 0 Å². The van der Waals surface area contributed by atoms with Crippen molar-refractivity contribution >= 4 is 29.9 Å². The number of nitrogens with one attached hydrogen (secondary N) is 2. The average Bonchev–Trinajstić information content (AvgIpc) is 3.03. The largest absolute Gasteiger partial charge is 0.339 e. The molecule has 1 aromatic rings. The summed E-state index contributed by atoms with van der Waals surface area (Å²) in [6.45, 7) is 7.60. The van der Waals surface area contributed by atoms with Gasteiger partial charge < -0.3 is 15.5 Å². The Bertz CT molecular complexity index is 600. The van der Waals surface area contributed by atoms with Gasteiger partial charge in [-0.15, -0.1) is 12.4 Å². The molecule has 0 atom stereocenters. The Morgan fingerprint density at radius 3 is 2.28 bits per heavy atom. The predicted octanol–water partition coefficient (Wildman–Crippen LogP) is 2.92. The Morgan fingerprint density at radius 2 is 1.76 bits per heavy atom. The number of hydrogen-bond acceptors (Lipinski definition) is 3. The number of carbonyl (C=O) groups is 2. The molecule has 25 heavy (non-hydrogen) atoms. The molecule has 2 aliphatic rings. The lowest BCUT2D eigenvalue weighted by molar-refractivity contribution is -0.118. The van der Waals surface area contributed by atoms with Crippen LogP contribution >= 0.6 is 12.4 Å². The number of nitrogens with zero attached hydrogens (tertiary/aromatic N) is 1. The first-order valence-corrected chi connectivity index (χ1v) is 8.90.